The second kappa shape index (κ2) is 4.36. The van der Waals surface area contributed by atoms with Gasteiger partial charge in [-0.05, 0) is 16.9 Å². The van der Waals surface area contributed by atoms with Crippen LogP contribution in [0.15, 0.2) is 24.5 Å². The quantitative estimate of drug-likeness (QED) is 0.415. The number of hydrazine groups is 2. The molecule has 0 bridgehead atoms. The van der Waals surface area contributed by atoms with E-state index >= 15 is 0 Å². The van der Waals surface area contributed by atoms with Gasteiger partial charge in [0, 0.05) is 18.0 Å². The fourth-order valence-electron chi connectivity index (χ4n) is 0.785. The van der Waals surface area contributed by atoms with E-state index < -0.39 is 0 Å². The SMILES string of the molecule is C=[N+](NC(=O)c1ccncc1)N(C)C. The lowest BCUT2D eigenvalue weighted by Gasteiger charge is -2.07. The predicted molar refractivity (Wildman–Crippen MR) is 52.8 cm³/mol. The summed E-state index contributed by atoms with van der Waals surface area (Å²) in [5.74, 6) is -0.212. The molecule has 0 saturated heterocycles. The molecule has 5 nitrogen and oxygen atoms in total. The Morgan fingerprint density at radius 1 is 1.50 bits per heavy atom. The van der Waals surface area contributed by atoms with E-state index in [-0.39, 0.29) is 5.91 Å². The summed E-state index contributed by atoms with van der Waals surface area (Å²) in [7, 11) is 3.56. The molecule has 0 aliphatic carbocycles. The van der Waals surface area contributed by atoms with Gasteiger partial charge in [-0.2, -0.15) is 5.01 Å². The fraction of sp³-hybridized carbons (Fsp3) is 0.222. The number of nitrogens with one attached hydrogen (secondary N) is 1. The maximum Gasteiger partial charge on any atom is 0.307 e. The maximum absolute atomic E-state index is 11.5. The highest BCUT2D eigenvalue weighted by Crippen LogP contribution is 1.95. The van der Waals surface area contributed by atoms with Gasteiger partial charge in [0.1, 0.15) is 0 Å². The minimum absolute atomic E-state index is 0.212. The van der Waals surface area contributed by atoms with Crippen molar-refractivity contribution in [3.8, 4) is 0 Å². The zero-order valence-corrected chi connectivity index (χ0v) is 8.27. The van der Waals surface area contributed by atoms with Crippen LogP contribution in [0.25, 0.3) is 0 Å². The van der Waals surface area contributed by atoms with Crippen LogP contribution in [-0.4, -0.2) is 41.5 Å². The van der Waals surface area contributed by atoms with Crippen LogP contribution in [0, 0.1) is 0 Å². The largest absolute Gasteiger partial charge is 0.307 e. The minimum atomic E-state index is -0.212. The normalized spacial score (nSPS) is 9.29. The van der Waals surface area contributed by atoms with Gasteiger partial charge in [-0.1, -0.05) is 5.43 Å². The molecule has 74 valence electrons. The smallest absolute Gasteiger partial charge is 0.265 e. The van der Waals surface area contributed by atoms with Crippen molar-refractivity contribution in [1.82, 2.24) is 15.4 Å². The lowest BCUT2D eigenvalue weighted by molar-refractivity contribution is -0.708. The van der Waals surface area contributed by atoms with Gasteiger partial charge in [0.15, 0.2) is 6.72 Å². The minimum Gasteiger partial charge on any atom is -0.265 e. The number of hydrogen-bond donors (Lipinski definition) is 1. The van der Waals surface area contributed by atoms with E-state index in [1.165, 1.54) is 4.79 Å². The lowest BCUT2D eigenvalue weighted by Crippen LogP contribution is -2.41. The molecule has 1 aromatic rings. The van der Waals surface area contributed by atoms with Crippen LogP contribution in [0.2, 0.25) is 0 Å². The molecule has 0 aliphatic rings. The number of amides is 1. The van der Waals surface area contributed by atoms with E-state index in [1.807, 2.05) is 0 Å². The van der Waals surface area contributed by atoms with Crippen LogP contribution in [-0.2, 0) is 0 Å². The fourth-order valence-corrected chi connectivity index (χ4v) is 0.785. The molecule has 1 N–H and O–H groups in total. The van der Waals surface area contributed by atoms with Crippen LogP contribution in [0.4, 0.5) is 0 Å². The number of rotatable bonds is 3. The third kappa shape index (κ3) is 2.55. The Bertz CT molecular complexity index is 334. The molecule has 0 aliphatic heterocycles. The summed E-state index contributed by atoms with van der Waals surface area (Å²) < 4.78 is 0. The van der Waals surface area contributed by atoms with E-state index in [9.17, 15) is 4.79 Å². The molecule has 1 heterocycles. The Balaban J connectivity index is 2.65. The molecule has 0 saturated carbocycles. The lowest BCUT2D eigenvalue weighted by atomic mass is 10.3. The van der Waals surface area contributed by atoms with Crippen LogP contribution in [0.3, 0.4) is 0 Å². The Morgan fingerprint density at radius 3 is 2.57 bits per heavy atom. The molecule has 0 radical (unpaired) electrons. The first-order valence-electron chi connectivity index (χ1n) is 4.10. The topological polar surface area (TPSA) is 48.2 Å². The maximum atomic E-state index is 11.5. The Morgan fingerprint density at radius 2 is 2.07 bits per heavy atom. The van der Waals surface area contributed by atoms with Crippen molar-refractivity contribution in [3.63, 3.8) is 0 Å². The second-order valence-corrected chi connectivity index (χ2v) is 2.92. The summed E-state index contributed by atoms with van der Waals surface area (Å²) in [5, 5.41) is 1.65. The van der Waals surface area contributed by atoms with Crippen molar-refractivity contribution < 1.29 is 9.59 Å². The van der Waals surface area contributed by atoms with E-state index in [4.69, 9.17) is 0 Å². The van der Waals surface area contributed by atoms with Gasteiger partial charge in [0.05, 0.1) is 14.1 Å². The number of nitrogens with zero attached hydrogens (tertiary/aromatic N) is 3. The molecule has 1 amide bonds. The van der Waals surface area contributed by atoms with Crippen molar-refractivity contribution >= 4 is 12.6 Å². The second-order valence-electron chi connectivity index (χ2n) is 2.92. The molecular formula is C9H13N4O+. The Labute approximate surface area is 82.6 Å². The molecule has 0 atom stereocenters. The summed E-state index contributed by atoms with van der Waals surface area (Å²) in [6, 6.07) is 3.28. The monoisotopic (exact) mass is 193 g/mol. The molecule has 1 rings (SSSR count). The number of carbonyl (C=O) groups excluding carboxylic acids is 1. The van der Waals surface area contributed by atoms with E-state index in [0.29, 0.717) is 5.56 Å². The number of pyridine rings is 1. The zero-order valence-electron chi connectivity index (χ0n) is 8.27. The molecular weight excluding hydrogens is 180 g/mol. The van der Waals surface area contributed by atoms with E-state index in [1.54, 1.807) is 43.6 Å². The third-order valence-electron chi connectivity index (χ3n) is 1.66. The predicted octanol–water partition coefficient (Wildman–Crippen LogP) is -0.0839. The van der Waals surface area contributed by atoms with Gasteiger partial charge in [-0.15, -0.1) is 0 Å². The first kappa shape index (κ1) is 10.2. The molecule has 0 unspecified atom stereocenters. The van der Waals surface area contributed by atoms with Crippen molar-refractivity contribution in [2.24, 2.45) is 0 Å². The number of hydrazone groups is 2. The van der Waals surface area contributed by atoms with E-state index in [0.717, 1.165) is 0 Å². The van der Waals surface area contributed by atoms with Crippen molar-refractivity contribution in [3.05, 3.63) is 30.1 Å². The van der Waals surface area contributed by atoms with Gasteiger partial charge in [-0.25, -0.2) is 0 Å². The van der Waals surface area contributed by atoms with Gasteiger partial charge < -0.3 is 0 Å². The molecule has 0 spiro atoms. The summed E-state index contributed by atoms with van der Waals surface area (Å²) in [4.78, 5) is 16.7. The van der Waals surface area contributed by atoms with Gasteiger partial charge >= 0.3 is 5.91 Å². The molecule has 1 aromatic heterocycles. The molecule has 0 fully saturated rings. The summed E-state index contributed by atoms with van der Waals surface area (Å²) in [5.41, 5.74) is 3.13. The van der Waals surface area contributed by atoms with E-state index in [2.05, 4.69) is 17.1 Å². The Kier molecular flexibility index (Phi) is 3.17. The zero-order chi connectivity index (χ0) is 10.6. The first-order valence-corrected chi connectivity index (χ1v) is 4.10. The third-order valence-corrected chi connectivity index (χ3v) is 1.66. The van der Waals surface area contributed by atoms with Crippen LogP contribution >= 0.6 is 0 Å². The average Bonchev–Trinajstić information content (AvgIpc) is 2.19. The molecule has 0 aromatic carbocycles. The number of hydrogen-bond acceptors (Lipinski definition) is 3. The number of carbonyl (C=O) groups is 1. The highest BCUT2D eigenvalue weighted by atomic mass is 16.2. The van der Waals surface area contributed by atoms with Crippen LogP contribution in [0.5, 0.6) is 0 Å². The highest BCUT2D eigenvalue weighted by molar-refractivity contribution is 5.93. The first-order chi connectivity index (χ1) is 6.61. The van der Waals surface area contributed by atoms with Gasteiger partial charge in [-0.3, -0.25) is 9.78 Å². The summed E-state index contributed by atoms with van der Waals surface area (Å²) in [6.45, 7) is 3.61. The molecule has 14 heavy (non-hydrogen) atoms. The molecule has 5 heteroatoms. The van der Waals surface area contributed by atoms with Crippen molar-refractivity contribution in [1.29, 1.82) is 0 Å². The Hall–Kier alpha value is -1.91. The van der Waals surface area contributed by atoms with Crippen molar-refractivity contribution in [2.75, 3.05) is 14.1 Å². The summed E-state index contributed by atoms with van der Waals surface area (Å²) in [6.07, 6.45) is 3.13. The number of aromatic nitrogens is 1. The van der Waals surface area contributed by atoms with Crippen LogP contribution < -0.4 is 5.43 Å². The summed E-state index contributed by atoms with van der Waals surface area (Å²) >= 11 is 0. The highest BCUT2D eigenvalue weighted by Gasteiger charge is 2.11. The van der Waals surface area contributed by atoms with Crippen molar-refractivity contribution in [2.45, 2.75) is 0 Å². The van der Waals surface area contributed by atoms with Gasteiger partial charge in [0.25, 0.3) is 0 Å². The average molecular weight is 193 g/mol. The standard InChI is InChI=1S/C9H12N4O/c1-12(2)13(3)11-9(14)8-4-6-10-7-5-8/h4-7H,3H2,1-2H3/p+1. The van der Waals surface area contributed by atoms with Crippen LogP contribution in [0.1, 0.15) is 10.4 Å². The van der Waals surface area contributed by atoms with Gasteiger partial charge in [0.2, 0.25) is 0 Å².